The molecule has 0 spiro atoms. The lowest BCUT2D eigenvalue weighted by Gasteiger charge is -2.31. The molecule has 1 heterocycles. The number of nitrogens with two attached hydrogens (primary N) is 2. The highest BCUT2D eigenvalue weighted by Gasteiger charge is 2.19. The van der Waals surface area contributed by atoms with Crippen LogP contribution in [0.5, 0.6) is 0 Å². The number of thiophene rings is 1. The monoisotopic (exact) mass is 387 g/mol. The molecule has 0 aliphatic heterocycles. The molecule has 2 aromatic rings. The van der Waals surface area contributed by atoms with Gasteiger partial charge in [0.05, 0.1) is 0 Å². The summed E-state index contributed by atoms with van der Waals surface area (Å²) in [6, 6.07) is 6.47. The lowest BCUT2D eigenvalue weighted by molar-refractivity contribution is 0.185. The van der Waals surface area contributed by atoms with Gasteiger partial charge in [-0.05, 0) is 60.0 Å². The van der Waals surface area contributed by atoms with Crippen molar-refractivity contribution in [1.82, 2.24) is 4.90 Å². The average Bonchev–Trinajstić information content (AvgIpc) is 2.98. The molecule has 1 aromatic heterocycles. The molecular formula is C18H27Cl2N3S. The summed E-state index contributed by atoms with van der Waals surface area (Å²) in [5.74, 6) is 0. The van der Waals surface area contributed by atoms with E-state index in [1.807, 2.05) is 18.2 Å². The number of nitrogen functional groups attached to an aromatic ring is 2. The van der Waals surface area contributed by atoms with E-state index >= 15 is 0 Å². The fraction of sp³-hybridized carbons (Fsp3) is 0.444. The molecule has 0 unspecified atom stereocenters. The summed E-state index contributed by atoms with van der Waals surface area (Å²) in [6.45, 7) is 0.984. The first-order valence-corrected chi connectivity index (χ1v) is 9.00. The maximum absolute atomic E-state index is 6.16. The molecule has 0 atom stereocenters. The summed E-state index contributed by atoms with van der Waals surface area (Å²) < 4.78 is 0. The summed E-state index contributed by atoms with van der Waals surface area (Å²) in [7, 11) is 2.25. The highest BCUT2D eigenvalue weighted by Crippen LogP contribution is 2.34. The van der Waals surface area contributed by atoms with Crippen LogP contribution in [0.3, 0.4) is 0 Å². The zero-order valence-electron chi connectivity index (χ0n) is 14.0. The largest absolute Gasteiger partial charge is 0.399 e. The highest BCUT2D eigenvalue weighted by atomic mass is 35.5. The molecule has 0 saturated heterocycles. The van der Waals surface area contributed by atoms with E-state index in [4.69, 9.17) is 11.5 Å². The predicted octanol–water partition coefficient (Wildman–Crippen LogP) is 5.19. The van der Waals surface area contributed by atoms with Crippen molar-refractivity contribution in [2.24, 2.45) is 0 Å². The molecule has 6 heteroatoms. The normalized spacial score (nSPS) is 14.9. The maximum Gasteiger partial charge on any atom is 0.0395 e. The van der Waals surface area contributed by atoms with Crippen molar-refractivity contribution in [2.45, 2.75) is 44.7 Å². The lowest BCUT2D eigenvalue weighted by Crippen LogP contribution is -2.32. The first-order chi connectivity index (χ1) is 10.6. The van der Waals surface area contributed by atoms with Crippen molar-refractivity contribution in [3.05, 3.63) is 34.5 Å². The van der Waals surface area contributed by atoms with E-state index in [-0.39, 0.29) is 24.8 Å². The van der Waals surface area contributed by atoms with Gasteiger partial charge in [0.25, 0.3) is 0 Å². The van der Waals surface area contributed by atoms with E-state index in [0.29, 0.717) is 0 Å². The van der Waals surface area contributed by atoms with Gasteiger partial charge in [0.15, 0.2) is 0 Å². The van der Waals surface area contributed by atoms with Gasteiger partial charge in [0.1, 0.15) is 0 Å². The number of nitrogens with zero attached hydrogens (tertiary/aromatic N) is 1. The van der Waals surface area contributed by atoms with Gasteiger partial charge >= 0.3 is 0 Å². The number of halogens is 2. The van der Waals surface area contributed by atoms with Crippen LogP contribution in [-0.4, -0.2) is 18.0 Å². The third-order valence-corrected chi connectivity index (χ3v) is 5.52. The Balaban J connectivity index is 0.00000144. The summed E-state index contributed by atoms with van der Waals surface area (Å²) in [5.41, 5.74) is 17.3. The molecule has 4 N–H and O–H groups in total. The molecule has 1 aliphatic rings. The Morgan fingerprint density at radius 2 is 1.75 bits per heavy atom. The van der Waals surface area contributed by atoms with E-state index in [0.717, 1.165) is 29.5 Å². The standard InChI is InChI=1S/C18H25N3S.2ClH/c1-21(15-5-3-2-4-6-15)10-13-11-22-12-17(13)16-9-14(19)7-8-18(16)20;;/h7-9,11-12,15H,2-6,10,19-20H2,1H3;2*1H. The molecule has 1 aromatic carbocycles. The number of benzene rings is 1. The third kappa shape index (κ3) is 4.79. The van der Waals surface area contributed by atoms with E-state index < -0.39 is 0 Å². The molecule has 134 valence electrons. The molecule has 3 rings (SSSR count). The van der Waals surface area contributed by atoms with Crippen LogP contribution in [0.15, 0.2) is 29.0 Å². The Kier molecular flexibility index (Phi) is 8.37. The molecule has 0 amide bonds. The van der Waals surface area contributed by atoms with Gasteiger partial charge in [0, 0.05) is 29.5 Å². The van der Waals surface area contributed by atoms with Crippen molar-refractivity contribution in [1.29, 1.82) is 0 Å². The van der Waals surface area contributed by atoms with Gasteiger partial charge in [-0.3, -0.25) is 4.90 Å². The second kappa shape index (κ2) is 9.52. The second-order valence-corrected chi connectivity index (χ2v) is 7.11. The lowest BCUT2D eigenvalue weighted by atomic mass is 9.94. The van der Waals surface area contributed by atoms with Crippen molar-refractivity contribution in [2.75, 3.05) is 18.5 Å². The average molecular weight is 388 g/mol. The van der Waals surface area contributed by atoms with Crippen molar-refractivity contribution < 1.29 is 0 Å². The zero-order valence-corrected chi connectivity index (χ0v) is 16.5. The molecule has 1 fully saturated rings. The van der Waals surface area contributed by atoms with Gasteiger partial charge in [0.2, 0.25) is 0 Å². The molecule has 1 saturated carbocycles. The summed E-state index contributed by atoms with van der Waals surface area (Å²) in [5, 5.41) is 4.44. The molecule has 3 nitrogen and oxygen atoms in total. The van der Waals surface area contributed by atoms with Crippen molar-refractivity contribution in [3.8, 4) is 11.1 Å². The Morgan fingerprint density at radius 1 is 1.04 bits per heavy atom. The first-order valence-electron chi connectivity index (χ1n) is 8.06. The topological polar surface area (TPSA) is 55.3 Å². The predicted molar refractivity (Wildman–Crippen MR) is 111 cm³/mol. The van der Waals surface area contributed by atoms with Crippen LogP contribution in [0.4, 0.5) is 11.4 Å². The Labute approximate surface area is 161 Å². The van der Waals surface area contributed by atoms with E-state index in [2.05, 4.69) is 22.7 Å². The molecule has 24 heavy (non-hydrogen) atoms. The minimum atomic E-state index is 0. The second-order valence-electron chi connectivity index (χ2n) is 6.36. The van der Waals surface area contributed by atoms with Crippen LogP contribution in [0.25, 0.3) is 11.1 Å². The minimum Gasteiger partial charge on any atom is -0.399 e. The zero-order chi connectivity index (χ0) is 15.5. The van der Waals surface area contributed by atoms with Crippen LogP contribution < -0.4 is 11.5 Å². The van der Waals surface area contributed by atoms with Gasteiger partial charge in [-0.15, -0.1) is 24.8 Å². The van der Waals surface area contributed by atoms with Crippen LogP contribution >= 0.6 is 36.2 Å². The minimum absolute atomic E-state index is 0. The highest BCUT2D eigenvalue weighted by molar-refractivity contribution is 7.08. The van der Waals surface area contributed by atoms with E-state index in [1.165, 1.54) is 43.2 Å². The first kappa shape index (κ1) is 21.1. The van der Waals surface area contributed by atoms with Crippen molar-refractivity contribution in [3.63, 3.8) is 0 Å². The number of hydrogen-bond acceptors (Lipinski definition) is 4. The molecule has 0 bridgehead atoms. The summed E-state index contributed by atoms with van der Waals surface area (Å²) >= 11 is 1.74. The van der Waals surface area contributed by atoms with E-state index in [9.17, 15) is 0 Å². The van der Waals surface area contributed by atoms with Gasteiger partial charge in [-0.1, -0.05) is 19.3 Å². The Bertz CT molecular complexity index is 639. The number of rotatable bonds is 4. The van der Waals surface area contributed by atoms with Crippen molar-refractivity contribution >= 4 is 47.5 Å². The van der Waals surface area contributed by atoms with E-state index in [1.54, 1.807) is 11.3 Å². The van der Waals surface area contributed by atoms with Crippen LogP contribution in [0.1, 0.15) is 37.7 Å². The maximum atomic E-state index is 6.16. The number of hydrogen-bond donors (Lipinski definition) is 2. The third-order valence-electron chi connectivity index (χ3n) is 4.73. The van der Waals surface area contributed by atoms with Crippen LogP contribution in [-0.2, 0) is 6.54 Å². The Hall–Kier alpha value is -0.940. The molecule has 1 aliphatic carbocycles. The summed E-state index contributed by atoms with van der Waals surface area (Å²) in [6.07, 6.45) is 6.79. The molecular weight excluding hydrogens is 361 g/mol. The summed E-state index contributed by atoms with van der Waals surface area (Å²) in [4.78, 5) is 2.51. The SMILES string of the molecule is CN(Cc1cscc1-c1cc(N)ccc1N)C1CCCCC1.Cl.Cl. The Morgan fingerprint density at radius 3 is 2.46 bits per heavy atom. The van der Waals surface area contributed by atoms with Crippen LogP contribution in [0, 0.1) is 0 Å². The fourth-order valence-electron chi connectivity index (χ4n) is 3.41. The quantitative estimate of drug-likeness (QED) is 0.709. The smallest absolute Gasteiger partial charge is 0.0395 e. The van der Waals surface area contributed by atoms with Gasteiger partial charge < -0.3 is 11.5 Å². The van der Waals surface area contributed by atoms with Gasteiger partial charge in [-0.2, -0.15) is 11.3 Å². The van der Waals surface area contributed by atoms with Crippen LogP contribution in [0.2, 0.25) is 0 Å². The molecule has 0 radical (unpaired) electrons. The fourth-order valence-corrected chi connectivity index (χ4v) is 4.26. The van der Waals surface area contributed by atoms with Gasteiger partial charge in [-0.25, -0.2) is 0 Å². The number of anilines is 2.